The molecule has 1 heterocycles. The number of anilines is 7. The molecule has 0 spiro atoms. The van der Waals surface area contributed by atoms with Crippen LogP contribution in [-0.2, 0) is 5.41 Å². The molecule has 3 nitrogen and oxygen atoms in total. The lowest BCUT2D eigenvalue weighted by Gasteiger charge is -2.42. The molecule has 11 aromatic carbocycles. The van der Waals surface area contributed by atoms with E-state index in [1.54, 1.807) is 0 Å². The predicted octanol–water partition coefficient (Wildman–Crippen LogP) is 18.8. The minimum absolute atomic E-state index is 0.362. The molecule has 3 heteroatoms. The third kappa shape index (κ3) is 8.08. The largest absolute Gasteiger partial charge is 0.355 e. The van der Waals surface area contributed by atoms with Crippen LogP contribution >= 0.6 is 0 Å². The number of rotatable bonds is 10. The van der Waals surface area contributed by atoms with Crippen LogP contribution in [0.2, 0.25) is 0 Å². The van der Waals surface area contributed by atoms with Crippen molar-refractivity contribution >= 4 is 50.6 Å². The van der Waals surface area contributed by atoms with Gasteiger partial charge in [0.2, 0.25) is 0 Å². The molecule has 2 N–H and O–H groups in total. The molecule has 334 valence electrons. The van der Waals surface area contributed by atoms with Crippen LogP contribution in [0.4, 0.5) is 39.8 Å². The van der Waals surface area contributed by atoms with E-state index in [0.29, 0.717) is 0 Å². The van der Waals surface area contributed by atoms with Gasteiger partial charge in [0.15, 0.2) is 0 Å². The zero-order valence-corrected chi connectivity index (χ0v) is 39.3. The van der Waals surface area contributed by atoms with Crippen molar-refractivity contribution in [1.82, 2.24) is 0 Å². The second-order valence-electron chi connectivity index (χ2n) is 18.8. The van der Waals surface area contributed by atoms with Crippen molar-refractivity contribution in [2.24, 2.45) is 0 Å². The van der Waals surface area contributed by atoms with Crippen molar-refractivity contribution in [3.05, 3.63) is 272 Å². The Morgan fingerprint density at radius 3 is 1.17 bits per heavy atom. The zero-order valence-electron chi connectivity index (χ0n) is 39.3. The van der Waals surface area contributed by atoms with Crippen LogP contribution in [0.1, 0.15) is 25.0 Å². The van der Waals surface area contributed by atoms with Crippen LogP contribution in [0, 0.1) is 0 Å². The second-order valence-corrected chi connectivity index (χ2v) is 18.8. The van der Waals surface area contributed by atoms with E-state index < -0.39 is 0 Å². The molecule has 0 aliphatic carbocycles. The maximum absolute atomic E-state index is 3.71. The summed E-state index contributed by atoms with van der Waals surface area (Å²) in [4.78, 5) is 2.49. The maximum Gasteiger partial charge on any atom is 0.0503 e. The van der Waals surface area contributed by atoms with Gasteiger partial charge >= 0.3 is 0 Å². The van der Waals surface area contributed by atoms with Crippen LogP contribution in [0.3, 0.4) is 0 Å². The normalized spacial score (nSPS) is 12.5. The molecule has 0 aromatic heterocycles. The number of nitrogens with zero attached hydrogens (tertiary/aromatic N) is 1. The number of para-hydroxylation sites is 2. The van der Waals surface area contributed by atoms with Gasteiger partial charge in [-0.15, -0.1) is 0 Å². The van der Waals surface area contributed by atoms with Gasteiger partial charge in [-0.3, -0.25) is 0 Å². The van der Waals surface area contributed by atoms with Crippen molar-refractivity contribution in [3.63, 3.8) is 0 Å². The zero-order chi connectivity index (χ0) is 47.0. The number of hydrogen-bond donors (Lipinski definition) is 2. The smallest absolute Gasteiger partial charge is 0.0503 e. The third-order valence-corrected chi connectivity index (χ3v) is 14.0. The van der Waals surface area contributed by atoms with Crippen molar-refractivity contribution in [2.45, 2.75) is 19.3 Å². The highest BCUT2D eigenvalue weighted by atomic mass is 15.2. The van der Waals surface area contributed by atoms with E-state index in [1.807, 2.05) is 0 Å². The van der Waals surface area contributed by atoms with Crippen molar-refractivity contribution in [2.75, 3.05) is 15.5 Å². The summed E-state index contributed by atoms with van der Waals surface area (Å²) in [6, 6.07) is 94.5. The minimum atomic E-state index is -0.362. The van der Waals surface area contributed by atoms with Crippen molar-refractivity contribution in [1.29, 1.82) is 0 Å². The highest BCUT2D eigenvalue weighted by Crippen LogP contribution is 2.54. The Hall–Kier alpha value is -8.92. The Morgan fingerprint density at radius 1 is 0.300 bits per heavy atom. The lowest BCUT2D eigenvalue weighted by atomic mass is 9.72. The molecule has 1 aliphatic heterocycles. The van der Waals surface area contributed by atoms with Gasteiger partial charge in [-0.05, 0) is 157 Å². The van der Waals surface area contributed by atoms with Gasteiger partial charge in [0.25, 0.3) is 0 Å². The first kappa shape index (κ1) is 42.4. The Labute approximate surface area is 411 Å². The fraction of sp³-hybridized carbons (Fsp3) is 0.0448. The van der Waals surface area contributed by atoms with Crippen LogP contribution < -0.4 is 15.5 Å². The highest BCUT2D eigenvalue weighted by molar-refractivity contribution is 5.96. The topological polar surface area (TPSA) is 27.3 Å². The molecule has 1 aliphatic rings. The van der Waals surface area contributed by atoms with E-state index in [2.05, 4.69) is 290 Å². The average Bonchev–Trinajstić information content (AvgIpc) is 3.42. The van der Waals surface area contributed by atoms with E-state index in [0.717, 1.165) is 39.6 Å². The Balaban J connectivity index is 1.01. The van der Waals surface area contributed by atoms with Gasteiger partial charge in [0, 0.05) is 45.0 Å². The van der Waals surface area contributed by atoms with Gasteiger partial charge < -0.3 is 15.5 Å². The average molecular weight is 898 g/mol. The Morgan fingerprint density at radius 2 is 0.686 bits per heavy atom. The summed E-state index contributed by atoms with van der Waals surface area (Å²) in [5.74, 6) is 0. The van der Waals surface area contributed by atoms with Gasteiger partial charge in [0.05, 0.1) is 11.4 Å². The van der Waals surface area contributed by atoms with E-state index >= 15 is 0 Å². The molecule has 0 bridgehead atoms. The predicted molar refractivity (Wildman–Crippen MR) is 297 cm³/mol. The fourth-order valence-corrected chi connectivity index (χ4v) is 10.3. The molecular weight excluding hydrogens is 847 g/mol. The highest BCUT2D eigenvalue weighted by Gasteiger charge is 2.38. The van der Waals surface area contributed by atoms with Gasteiger partial charge in [-0.2, -0.15) is 0 Å². The molecule has 0 atom stereocenters. The van der Waals surface area contributed by atoms with E-state index in [4.69, 9.17) is 0 Å². The summed E-state index contributed by atoms with van der Waals surface area (Å²) in [5.41, 5.74) is 21.7. The molecule has 0 fully saturated rings. The number of nitrogens with one attached hydrogen (secondary N) is 2. The summed E-state index contributed by atoms with van der Waals surface area (Å²) < 4.78 is 0. The van der Waals surface area contributed by atoms with E-state index in [-0.39, 0.29) is 5.41 Å². The van der Waals surface area contributed by atoms with E-state index in [1.165, 1.54) is 77.8 Å². The summed E-state index contributed by atoms with van der Waals surface area (Å²) in [7, 11) is 0. The van der Waals surface area contributed by atoms with Crippen molar-refractivity contribution < 1.29 is 0 Å². The quantitative estimate of drug-likeness (QED) is 0.143. The first-order valence-corrected chi connectivity index (χ1v) is 24.2. The summed E-state index contributed by atoms with van der Waals surface area (Å²) >= 11 is 0. The van der Waals surface area contributed by atoms with Crippen molar-refractivity contribution in [3.8, 4) is 55.6 Å². The Bertz CT molecular complexity index is 3480. The van der Waals surface area contributed by atoms with Gasteiger partial charge in [-0.25, -0.2) is 0 Å². The molecule has 0 unspecified atom stereocenters. The first-order chi connectivity index (χ1) is 34.4. The molecule has 11 aromatic rings. The second kappa shape index (κ2) is 18.0. The lowest BCUT2D eigenvalue weighted by molar-refractivity contribution is 0.632. The first-order valence-electron chi connectivity index (χ1n) is 24.2. The van der Waals surface area contributed by atoms with E-state index in [9.17, 15) is 0 Å². The summed E-state index contributed by atoms with van der Waals surface area (Å²) in [6.45, 7) is 4.79. The molecule has 0 saturated carbocycles. The maximum atomic E-state index is 3.71. The van der Waals surface area contributed by atoms with Gasteiger partial charge in [-0.1, -0.05) is 184 Å². The molecular formula is C67H51N3. The van der Waals surface area contributed by atoms with Crippen LogP contribution in [0.25, 0.3) is 66.4 Å². The number of benzene rings is 11. The SMILES string of the molecule is CC1(C)c2cc(-c3ccc(Nc4ccccc4)c(-c4ccccc4)c3)ccc2N(c2ccc3ccc(-c4ccccc4)cc3c2)c2ccc(-c3ccc(Nc4ccccc4)c(-c4ccccc4)c3)cc21. The van der Waals surface area contributed by atoms with Gasteiger partial charge in [0.1, 0.15) is 0 Å². The summed E-state index contributed by atoms with van der Waals surface area (Å²) in [5, 5.41) is 9.83. The molecule has 0 saturated heterocycles. The molecule has 0 radical (unpaired) electrons. The van der Waals surface area contributed by atoms with Crippen LogP contribution in [0.5, 0.6) is 0 Å². The molecule has 70 heavy (non-hydrogen) atoms. The number of hydrogen-bond acceptors (Lipinski definition) is 3. The van der Waals surface area contributed by atoms with Crippen LogP contribution in [-0.4, -0.2) is 0 Å². The van der Waals surface area contributed by atoms with Crippen LogP contribution in [0.15, 0.2) is 261 Å². The molecule has 12 rings (SSSR count). The number of fused-ring (bicyclic) bond motifs is 3. The standard InChI is InChI=1S/C67H51N3/c1-67(2)61-44-53(51-31-36-63(68-56-24-14-6-15-25-56)59(42-51)48-20-10-4-11-21-48)33-38-65(61)70(58-35-30-47-28-29-50(40-55(47)41-58)46-18-8-3-9-19-46)66-39-34-54(45-62(66)67)52-32-37-64(69-57-26-16-7-17-27-57)60(43-52)49-22-12-5-13-23-49/h3-45,68-69H,1-2H3. The monoisotopic (exact) mass is 897 g/mol. The lowest BCUT2D eigenvalue weighted by Crippen LogP contribution is -2.30. The summed E-state index contributed by atoms with van der Waals surface area (Å²) in [6.07, 6.45) is 0. The fourth-order valence-electron chi connectivity index (χ4n) is 10.3. The third-order valence-electron chi connectivity index (χ3n) is 14.0. The molecule has 0 amide bonds. The minimum Gasteiger partial charge on any atom is -0.355 e. The Kier molecular flexibility index (Phi) is 10.9.